The molecule has 0 heterocycles. The van der Waals surface area contributed by atoms with Crippen LogP contribution in [0, 0.1) is 36.0 Å². The molecule has 0 spiro atoms. The van der Waals surface area contributed by atoms with Crippen molar-refractivity contribution >= 4 is 11.9 Å². The number of methoxy groups -OCH3 is 2. The van der Waals surface area contributed by atoms with Gasteiger partial charge in [0.25, 0.3) is 5.60 Å². The number of terminal acetylenes is 1. The summed E-state index contributed by atoms with van der Waals surface area (Å²) in [6, 6.07) is 6.64. The van der Waals surface area contributed by atoms with E-state index < -0.39 is 29.8 Å². The van der Waals surface area contributed by atoms with Crippen molar-refractivity contribution in [3.05, 3.63) is 72.4 Å². The number of hydrogen-bond acceptors (Lipinski definition) is 5. The van der Waals surface area contributed by atoms with Crippen LogP contribution in [0.5, 0.6) is 0 Å². The Morgan fingerprint density at radius 2 is 1.36 bits per heavy atom. The third-order valence-electron chi connectivity index (χ3n) is 7.87. The van der Waals surface area contributed by atoms with Crippen LogP contribution in [-0.2, 0) is 29.4 Å². The van der Waals surface area contributed by atoms with Crippen LogP contribution >= 0.6 is 0 Å². The highest BCUT2D eigenvalue weighted by atomic mass is 19.4. The molecular formula is C42H53F3O5. The molecule has 1 aromatic carbocycles. The van der Waals surface area contributed by atoms with Crippen molar-refractivity contribution in [2.45, 2.75) is 127 Å². The van der Waals surface area contributed by atoms with Crippen LogP contribution in [0.1, 0.15) is 115 Å². The van der Waals surface area contributed by atoms with Crippen molar-refractivity contribution in [1.82, 2.24) is 0 Å². The molecule has 0 aliphatic rings. The molecule has 50 heavy (non-hydrogen) atoms. The summed E-state index contributed by atoms with van der Waals surface area (Å²) in [6.07, 6.45) is 28.7. The Morgan fingerprint density at radius 1 is 0.780 bits per heavy atom. The molecule has 0 saturated heterocycles. The summed E-state index contributed by atoms with van der Waals surface area (Å²) in [5.41, 5.74) is -3.66. The van der Waals surface area contributed by atoms with Gasteiger partial charge in [0.2, 0.25) is 0 Å². The fraction of sp³-hybridized carbons (Fsp3) is 0.524. The fourth-order valence-electron chi connectivity index (χ4n) is 5.06. The number of esters is 2. The van der Waals surface area contributed by atoms with Crippen molar-refractivity contribution in [3.63, 3.8) is 0 Å². The monoisotopic (exact) mass is 694 g/mol. The minimum Gasteiger partial charge on any atom is -0.459 e. The number of benzene rings is 1. The van der Waals surface area contributed by atoms with E-state index in [1.165, 1.54) is 82.8 Å². The molecule has 0 radical (unpaired) electrons. The van der Waals surface area contributed by atoms with E-state index in [-0.39, 0.29) is 5.56 Å². The van der Waals surface area contributed by atoms with Gasteiger partial charge >= 0.3 is 18.1 Å². The molecule has 5 nitrogen and oxygen atoms in total. The summed E-state index contributed by atoms with van der Waals surface area (Å²) in [4.78, 5) is 23.6. The first-order chi connectivity index (χ1) is 24.2. The average molecular weight is 695 g/mol. The van der Waals surface area contributed by atoms with Gasteiger partial charge in [0.1, 0.15) is 0 Å². The van der Waals surface area contributed by atoms with E-state index in [9.17, 15) is 22.8 Å². The molecule has 0 aliphatic carbocycles. The maximum Gasteiger partial charge on any atom is 0.432 e. The quantitative estimate of drug-likeness (QED) is 0.0375. The van der Waals surface area contributed by atoms with Gasteiger partial charge in [0.15, 0.2) is 6.10 Å². The van der Waals surface area contributed by atoms with Gasteiger partial charge in [-0.25, -0.2) is 9.59 Å². The summed E-state index contributed by atoms with van der Waals surface area (Å²) in [7, 11) is 2.14. The normalized spacial score (nSPS) is 13.2. The Balaban J connectivity index is 2.09. The van der Waals surface area contributed by atoms with Gasteiger partial charge < -0.3 is 14.2 Å². The molecular weight excluding hydrogens is 641 g/mol. The minimum absolute atomic E-state index is 0.385. The van der Waals surface area contributed by atoms with Gasteiger partial charge in [-0.05, 0) is 57.1 Å². The van der Waals surface area contributed by atoms with E-state index >= 15 is 0 Å². The summed E-state index contributed by atoms with van der Waals surface area (Å²) in [5, 5.41) is 0. The van der Waals surface area contributed by atoms with Crippen LogP contribution in [0.3, 0.4) is 0 Å². The fourth-order valence-corrected chi connectivity index (χ4v) is 5.06. The molecule has 0 unspecified atom stereocenters. The largest absolute Gasteiger partial charge is 0.459 e. The van der Waals surface area contributed by atoms with Gasteiger partial charge in [0, 0.05) is 31.4 Å². The van der Waals surface area contributed by atoms with Gasteiger partial charge in [-0.2, -0.15) is 13.2 Å². The van der Waals surface area contributed by atoms with Crippen molar-refractivity contribution in [2.24, 2.45) is 0 Å². The number of carbonyl (C=O) groups excluding carboxylic acids is 2. The number of rotatable bonds is 23. The van der Waals surface area contributed by atoms with Crippen LogP contribution in [-0.4, -0.2) is 38.4 Å². The van der Waals surface area contributed by atoms with Crippen molar-refractivity contribution in [3.8, 4) is 36.0 Å². The van der Waals surface area contributed by atoms with E-state index in [1.807, 2.05) is 6.08 Å². The molecule has 0 bridgehead atoms. The van der Waals surface area contributed by atoms with E-state index in [2.05, 4.69) is 46.5 Å². The summed E-state index contributed by atoms with van der Waals surface area (Å²) < 4.78 is 56.4. The highest BCUT2D eigenvalue weighted by Gasteiger charge is 2.64. The number of carbonyl (C=O) groups is 2. The van der Waals surface area contributed by atoms with Crippen LogP contribution in [0.2, 0.25) is 0 Å². The number of halogens is 3. The lowest BCUT2D eigenvalue weighted by Crippen LogP contribution is -2.52. The van der Waals surface area contributed by atoms with Crippen molar-refractivity contribution in [1.29, 1.82) is 0 Å². The molecule has 272 valence electrons. The number of ether oxygens (including phenoxy) is 3. The third-order valence-corrected chi connectivity index (χ3v) is 7.87. The van der Waals surface area contributed by atoms with Gasteiger partial charge in [-0.1, -0.05) is 124 Å². The van der Waals surface area contributed by atoms with Crippen LogP contribution in [0.15, 0.2) is 66.8 Å². The Labute approximate surface area is 298 Å². The predicted molar refractivity (Wildman–Crippen MR) is 193 cm³/mol. The van der Waals surface area contributed by atoms with E-state index in [0.29, 0.717) is 6.42 Å². The first-order valence-corrected chi connectivity index (χ1v) is 17.6. The number of hydrogen-bond donors (Lipinski definition) is 0. The van der Waals surface area contributed by atoms with Gasteiger partial charge in [0.05, 0.1) is 7.11 Å². The number of unbranched alkanes of at least 4 members (excludes halogenated alkanes) is 14. The van der Waals surface area contributed by atoms with Gasteiger partial charge in [-0.3, -0.25) is 0 Å². The predicted octanol–water partition coefficient (Wildman–Crippen LogP) is 10.1. The topological polar surface area (TPSA) is 61.8 Å². The van der Waals surface area contributed by atoms with Crippen LogP contribution < -0.4 is 0 Å². The summed E-state index contributed by atoms with van der Waals surface area (Å²) >= 11 is 0. The summed E-state index contributed by atoms with van der Waals surface area (Å²) in [5.74, 6) is 11.5. The standard InChI is InChI=1S/C42H53F3O5/c1-4-38(50-40(47)41(49-3,42(43,44)45)37-33-29-28-30-34-37)35-31-26-24-22-20-18-16-14-12-10-8-6-5-7-9-11-13-15-17-19-21-23-25-27-32-36-39(46)48-2/h1,8,10,25,27-31,33-35,38H,5-7,9,11-13,15,17-24,26H2,2-3H3/b10-8-,27-25-,35-31+/t38-,41+/m0/s1. The molecule has 0 fully saturated rings. The lowest BCUT2D eigenvalue weighted by Gasteiger charge is -2.32. The smallest absolute Gasteiger partial charge is 0.432 e. The molecule has 1 rings (SSSR count). The highest BCUT2D eigenvalue weighted by Crippen LogP contribution is 2.43. The third kappa shape index (κ3) is 18.5. The Kier molecular flexibility index (Phi) is 24.2. The molecule has 8 heteroatoms. The molecule has 2 atom stereocenters. The lowest BCUT2D eigenvalue weighted by molar-refractivity contribution is -0.276. The number of alkyl halides is 3. The average Bonchev–Trinajstić information content (AvgIpc) is 3.10. The Bertz CT molecular complexity index is 1350. The van der Waals surface area contributed by atoms with Crippen molar-refractivity contribution < 1.29 is 37.0 Å². The summed E-state index contributed by atoms with van der Waals surface area (Å²) in [6.45, 7) is 0. The van der Waals surface area contributed by atoms with E-state index in [4.69, 9.17) is 15.9 Å². The van der Waals surface area contributed by atoms with Crippen LogP contribution in [0.4, 0.5) is 13.2 Å². The maximum atomic E-state index is 14.1. The molecule has 0 N–H and O–H groups in total. The van der Waals surface area contributed by atoms with Crippen LogP contribution in [0.25, 0.3) is 0 Å². The zero-order valence-electron chi connectivity index (χ0n) is 29.7. The number of allylic oxidation sites excluding steroid dienone is 5. The molecule has 0 saturated carbocycles. The highest BCUT2D eigenvalue weighted by molar-refractivity contribution is 5.88. The van der Waals surface area contributed by atoms with Gasteiger partial charge in [-0.15, -0.1) is 12.3 Å². The molecule has 1 aromatic rings. The second-order valence-electron chi connectivity index (χ2n) is 11.7. The molecule has 0 amide bonds. The van der Waals surface area contributed by atoms with E-state index in [1.54, 1.807) is 12.2 Å². The lowest BCUT2D eigenvalue weighted by atomic mass is 9.92. The zero-order chi connectivity index (χ0) is 36.8. The van der Waals surface area contributed by atoms with Crippen molar-refractivity contribution in [2.75, 3.05) is 14.2 Å². The SMILES string of the molecule is C#C[C@@H](/C=C/CCCCCC#CC/C=C\CCCCCCCCCCC/C=C\C#CC(=O)OC)OC(=O)[C@](OC)(c1ccccc1)C(F)(F)F. The first kappa shape index (κ1) is 43.8. The Hall–Kier alpha value is -4.19. The van der Waals surface area contributed by atoms with E-state index in [0.717, 1.165) is 70.6 Å². The molecule has 0 aromatic heterocycles. The first-order valence-electron chi connectivity index (χ1n) is 17.6. The minimum atomic E-state index is -5.06. The maximum absolute atomic E-state index is 14.1. The zero-order valence-corrected chi connectivity index (χ0v) is 29.7. The Morgan fingerprint density at radius 3 is 1.94 bits per heavy atom. The molecule has 0 aliphatic heterocycles. The second kappa shape index (κ2) is 27.6. The second-order valence-corrected chi connectivity index (χ2v) is 11.7.